The summed E-state index contributed by atoms with van der Waals surface area (Å²) in [5.41, 5.74) is 0. The highest BCUT2D eigenvalue weighted by atomic mass is 32.2. The molecule has 0 saturated carbocycles. The number of rotatable bonds is 9. The Labute approximate surface area is 109 Å². The summed E-state index contributed by atoms with van der Waals surface area (Å²) in [5, 5.41) is 0. The van der Waals surface area contributed by atoms with Gasteiger partial charge in [0.2, 0.25) is 0 Å². The van der Waals surface area contributed by atoms with Gasteiger partial charge in [0.15, 0.2) is 12.4 Å². The predicted octanol–water partition coefficient (Wildman–Crippen LogP) is 1.86. The van der Waals surface area contributed by atoms with E-state index in [4.69, 9.17) is 0 Å². The third-order valence-electron chi connectivity index (χ3n) is 2.84. The van der Waals surface area contributed by atoms with E-state index in [0.29, 0.717) is 6.42 Å². The highest BCUT2D eigenvalue weighted by Gasteiger charge is 1.98. The molecular formula is C13H21NO3S. The first-order chi connectivity index (χ1) is 8.58. The summed E-state index contributed by atoms with van der Waals surface area (Å²) in [6.45, 7) is 1.02. The van der Waals surface area contributed by atoms with Gasteiger partial charge in [-0.3, -0.25) is 0 Å². The third-order valence-corrected chi connectivity index (χ3v) is 3.63. The molecule has 1 aromatic rings. The van der Waals surface area contributed by atoms with E-state index in [1.165, 1.54) is 0 Å². The Morgan fingerprint density at radius 1 is 0.833 bits per heavy atom. The minimum absolute atomic E-state index is 0.215. The SMILES string of the molecule is O=S(=O)([O-])CCCCCCCC[n+]1ccccc1. The van der Waals surface area contributed by atoms with Crippen LogP contribution in [0, 0.1) is 0 Å². The Kier molecular flexibility index (Phi) is 6.90. The van der Waals surface area contributed by atoms with Gasteiger partial charge in [-0.05, 0) is 12.8 Å². The molecule has 5 heteroatoms. The summed E-state index contributed by atoms with van der Waals surface area (Å²) in [5.74, 6) is -0.215. The van der Waals surface area contributed by atoms with Gasteiger partial charge in [-0.2, -0.15) is 0 Å². The molecule has 1 rings (SSSR count). The van der Waals surface area contributed by atoms with Crippen LogP contribution in [0.15, 0.2) is 30.6 Å². The molecular weight excluding hydrogens is 250 g/mol. The van der Waals surface area contributed by atoms with Crippen molar-refractivity contribution >= 4 is 10.1 Å². The van der Waals surface area contributed by atoms with Crippen LogP contribution in [0.25, 0.3) is 0 Å². The molecule has 4 nitrogen and oxygen atoms in total. The second-order valence-corrected chi connectivity index (χ2v) is 6.02. The number of hydrogen-bond donors (Lipinski definition) is 0. The maximum absolute atomic E-state index is 10.4. The van der Waals surface area contributed by atoms with Crippen LogP contribution < -0.4 is 4.57 Å². The zero-order valence-corrected chi connectivity index (χ0v) is 11.4. The van der Waals surface area contributed by atoms with Gasteiger partial charge >= 0.3 is 0 Å². The molecule has 102 valence electrons. The number of hydrogen-bond acceptors (Lipinski definition) is 3. The molecule has 18 heavy (non-hydrogen) atoms. The highest BCUT2D eigenvalue weighted by Crippen LogP contribution is 2.06. The molecule has 0 N–H and O–H groups in total. The lowest BCUT2D eigenvalue weighted by Gasteiger charge is -2.05. The van der Waals surface area contributed by atoms with Crippen LogP contribution in [0.3, 0.4) is 0 Å². The van der Waals surface area contributed by atoms with Crippen molar-refractivity contribution < 1.29 is 17.5 Å². The summed E-state index contributed by atoms with van der Waals surface area (Å²) in [7, 11) is -4.01. The second-order valence-electron chi connectivity index (χ2n) is 4.50. The molecule has 0 saturated heterocycles. The maximum atomic E-state index is 10.4. The van der Waals surface area contributed by atoms with Gasteiger partial charge in [-0.15, -0.1) is 0 Å². The summed E-state index contributed by atoms with van der Waals surface area (Å²) >= 11 is 0. The predicted molar refractivity (Wildman–Crippen MR) is 68.9 cm³/mol. The van der Waals surface area contributed by atoms with Gasteiger partial charge < -0.3 is 4.55 Å². The van der Waals surface area contributed by atoms with E-state index in [1.54, 1.807) is 0 Å². The van der Waals surface area contributed by atoms with Crippen molar-refractivity contribution in [1.82, 2.24) is 0 Å². The minimum atomic E-state index is -4.01. The molecule has 0 aromatic carbocycles. The fraction of sp³-hybridized carbons (Fsp3) is 0.615. The van der Waals surface area contributed by atoms with Crippen molar-refractivity contribution in [3.63, 3.8) is 0 Å². The molecule has 0 aliphatic rings. The van der Waals surface area contributed by atoms with E-state index < -0.39 is 10.1 Å². The average Bonchev–Trinajstić information content (AvgIpc) is 2.32. The van der Waals surface area contributed by atoms with Crippen LogP contribution in [0.1, 0.15) is 38.5 Å². The van der Waals surface area contributed by atoms with E-state index in [9.17, 15) is 13.0 Å². The second kappa shape index (κ2) is 8.21. The Morgan fingerprint density at radius 2 is 1.39 bits per heavy atom. The van der Waals surface area contributed by atoms with Gasteiger partial charge in [0.05, 0.1) is 10.1 Å². The molecule has 1 heterocycles. The van der Waals surface area contributed by atoms with Gasteiger partial charge in [0.25, 0.3) is 0 Å². The van der Waals surface area contributed by atoms with E-state index in [2.05, 4.69) is 17.0 Å². The Hall–Kier alpha value is -0.940. The molecule has 0 amide bonds. The first kappa shape index (κ1) is 15.1. The molecule has 1 aromatic heterocycles. The topological polar surface area (TPSA) is 61.1 Å². The maximum Gasteiger partial charge on any atom is 0.168 e. The Balaban J connectivity index is 1.93. The molecule has 0 radical (unpaired) electrons. The number of unbranched alkanes of at least 4 members (excludes halogenated alkanes) is 5. The van der Waals surface area contributed by atoms with Crippen LogP contribution in [-0.2, 0) is 16.7 Å². The van der Waals surface area contributed by atoms with Crippen molar-refractivity contribution in [2.24, 2.45) is 0 Å². The van der Waals surface area contributed by atoms with Crippen molar-refractivity contribution in [3.8, 4) is 0 Å². The van der Waals surface area contributed by atoms with Crippen LogP contribution in [-0.4, -0.2) is 18.7 Å². The van der Waals surface area contributed by atoms with E-state index in [-0.39, 0.29) is 5.75 Å². The zero-order chi connectivity index (χ0) is 13.3. The lowest BCUT2D eigenvalue weighted by atomic mass is 10.1. The number of aryl methyl sites for hydroxylation is 1. The van der Waals surface area contributed by atoms with Crippen molar-refractivity contribution in [2.75, 3.05) is 5.75 Å². The molecule has 0 unspecified atom stereocenters. The number of nitrogens with zero attached hydrogens (tertiary/aromatic N) is 1. The molecule has 0 fully saturated rings. The van der Waals surface area contributed by atoms with Gasteiger partial charge in [-0.25, -0.2) is 13.0 Å². The van der Waals surface area contributed by atoms with Gasteiger partial charge in [0, 0.05) is 24.3 Å². The zero-order valence-electron chi connectivity index (χ0n) is 10.6. The monoisotopic (exact) mass is 271 g/mol. The van der Waals surface area contributed by atoms with Gasteiger partial charge in [-0.1, -0.05) is 25.3 Å². The Morgan fingerprint density at radius 3 is 2.00 bits per heavy atom. The molecule has 0 spiro atoms. The fourth-order valence-electron chi connectivity index (χ4n) is 1.86. The van der Waals surface area contributed by atoms with E-state index in [1.807, 2.05) is 18.2 Å². The normalized spacial score (nSPS) is 11.6. The molecule has 0 aliphatic carbocycles. The smallest absolute Gasteiger partial charge is 0.168 e. The van der Waals surface area contributed by atoms with Crippen molar-refractivity contribution in [3.05, 3.63) is 30.6 Å². The highest BCUT2D eigenvalue weighted by molar-refractivity contribution is 7.85. The van der Waals surface area contributed by atoms with Crippen LogP contribution in [0.2, 0.25) is 0 Å². The summed E-state index contributed by atoms with van der Waals surface area (Å²) in [4.78, 5) is 0. The van der Waals surface area contributed by atoms with E-state index in [0.717, 1.165) is 38.6 Å². The van der Waals surface area contributed by atoms with Crippen LogP contribution in [0.5, 0.6) is 0 Å². The third kappa shape index (κ3) is 8.20. The van der Waals surface area contributed by atoms with Crippen LogP contribution >= 0.6 is 0 Å². The number of pyridine rings is 1. The van der Waals surface area contributed by atoms with E-state index >= 15 is 0 Å². The fourth-order valence-corrected chi connectivity index (χ4v) is 2.42. The Bertz CT molecular complexity index is 417. The first-order valence-electron chi connectivity index (χ1n) is 6.45. The average molecular weight is 271 g/mol. The summed E-state index contributed by atoms with van der Waals surface area (Å²) < 4.78 is 33.3. The molecule has 0 atom stereocenters. The van der Waals surface area contributed by atoms with Crippen molar-refractivity contribution in [2.45, 2.75) is 45.1 Å². The number of aromatic nitrogens is 1. The lowest BCUT2D eigenvalue weighted by Crippen LogP contribution is -2.32. The molecule has 0 aliphatic heterocycles. The van der Waals surface area contributed by atoms with Crippen molar-refractivity contribution in [1.29, 1.82) is 0 Å². The summed E-state index contributed by atoms with van der Waals surface area (Å²) in [6.07, 6.45) is 9.83. The summed E-state index contributed by atoms with van der Waals surface area (Å²) in [6, 6.07) is 6.04. The largest absolute Gasteiger partial charge is 0.748 e. The lowest BCUT2D eigenvalue weighted by molar-refractivity contribution is -0.697. The van der Waals surface area contributed by atoms with Crippen LogP contribution in [0.4, 0.5) is 0 Å². The quantitative estimate of drug-likeness (QED) is 0.391. The standard InChI is InChI=1S/C13H21NO3S/c15-18(16,17)13-9-4-2-1-3-6-10-14-11-7-5-8-12-14/h5,7-8,11-12H,1-4,6,9-10,13H2. The minimum Gasteiger partial charge on any atom is -0.748 e. The first-order valence-corrected chi connectivity index (χ1v) is 8.03. The molecule has 0 bridgehead atoms. The van der Waals surface area contributed by atoms with Gasteiger partial charge in [0.1, 0.15) is 6.54 Å².